The van der Waals surface area contributed by atoms with E-state index in [2.05, 4.69) is 39.6 Å². The minimum absolute atomic E-state index is 0.443. The van der Waals surface area contributed by atoms with Crippen LogP contribution in [0.15, 0.2) is 30.6 Å². The molecule has 0 aliphatic carbocycles. The van der Waals surface area contributed by atoms with Crippen molar-refractivity contribution in [3.8, 4) is 0 Å². The summed E-state index contributed by atoms with van der Waals surface area (Å²) in [7, 11) is 1.80. The molecular weight excluding hydrogens is 262 g/mol. The summed E-state index contributed by atoms with van der Waals surface area (Å²) in [5.41, 5.74) is 2.32. The van der Waals surface area contributed by atoms with Gasteiger partial charge in [-0.3, -0.25) is 0 Å². The smallest absolute Gasteiger partial charge is 0.0961 e. The minimum atomic E-state index is 0.443. The Morgan fingerprint density at radius 1 is 1.38 bits per heavy atom. The normalized spacial score (nSPS) is 21.7. The third-order valence-electron chi connectivity index (χ3n) is 4.48. The molecule has 1 saturated heterocycles. The zero-order valence-electron chi connectivity index (χ0n) is 13.0. The Labute approximate surface area is 126 Å². The van der Waals surface area contributed by atoms with Crippen molar-refractivity contribution in [2.45, 2.75) is 25.8 Å². The van der Waals surface area contributed by atoms with Crippen molar-refractivity contribution in [3.05, 3.63) is 30.6 Å². The maximum Gasteiger partial charge on any atom is 0.0961 e. The van der Waals surface area contributed by atoms with Gasteiger partial charge in [0.2, 0.25) is 0 Å². The van der Waals surface area contributed by atoms with E-state index >= 15 is 0 Å². The lowest BCUT2D eigenvalue weighted by atomic mass is 9.98. The van der Waals surface area contributed by atoms with Gasteiger partial charge in [-0.25, -0.2) is 4.98 Å². The number of rotatable bonds is 5. The van der Waals surface area contributed by atoms with Crippen molar-refractivity contribution >= 4 is 11.0 Å². The molecule has 3 rings (SSSR count). The van der Waals surface area contributed by atoms with Gasteiger partial charge in [-0.05, 0) is 44.4 Å². The van der Waals surface area contributed by atoms with E-state index in [1.54, 1.807) is 7.11 Å². The van der Waals surface area contributed by atoms with Crippen LogP contribution < -0.4 is 0 Å². The summed E-state index contributed by atoms with van der Waals surface area (Å²) in [6.07, 6.45) is 4.56. The molecule has 0 spiro atoms. The van der Waals surface area contributed by atoms with Crippen molar-refractivity contribution in [1.82, 2.24) is 14.5 Å². The van der Waals surface area contributed by atoms with E-state index in [1.165, 1.54) is 24.9 Å². The van der Waals surface area contributed by atoms with Gasteiger partial charge >= 0.3 is 0 Å². The third-order valence-corrected chi connectivity index (χ3v) is 4.48. The molecule has 4 heteroatoms. The average Bonchev–Trinajstić information content (AvgIpc) is 2.92. The first-order valence-corrected chi connectivity index (χ1v) is 7.91. The summed E-state index contributed by atoms with van der Waals surface area (Å²) < 4.78 is 7.62. The van der Waals surface area contributed by atoms with Gasteiger partial charge in [0.15, 0.2) is 0 Å². The van der Waals surface area contributed by atoms with E-state index in [1.807, 2.05) is 12.4 Å². The lowest BCUT2D eigenvalue weighted by Gasteiger charge is -2.34. The molecule has 1 aliphatic rings. The van der Waals surface area contributed by atoms with E-state index in [4.69, 9.17) is 4.74 Å². The summed E-state index contributed by atoms with van der Waals surface area (Å²) in [5, 5.41) is 0. The number of nitrogens with zero attached hydrogens (tertiary/aromatic N) is 3. The highest BCUT2D eigenvalue weighted by Crippen LogP contribution is 2.21. The first kappa shape index (κ1) is 14.5. The lowest BCUT2D eigenvalue weighted by Crippen LogP contribution is -2.39. The molecule has 0 radical (unpaired) electrons. The van der Waals surface area contributed by atoms with Crippen LogP contribution >= 0.6 is 0 Å². The number of aromatic nitrogens is 2. The van der Waals surface area contributed by atoms with Gasteiger partial charge in [0.25, 0.3) is 0 Å². The molecule has 1 fully saturated rings. The Hall–Kier alpha value is -1.39. The highest BCUT2D eigenvalue weighted by molar-refractivity contribution is 5.75. The monoisotopic (exact) mass is 287 g/mol. The molecule has 2 unspecified atom stereocenters. The SMILES string of the molecule is COCC1CCCN(CC(C)n2cnc3ccccc32)C1. The fourth-order valence-corrected chi connectivity index (χ4v) is 3.48. The Balaban J connectivity index is 1.67. The molecule has 2 aromatic rings. The Bertz CT molecular complexity index is 578. The maximum absolute atomic E-state index is 5.32. The third kappa shape index (κ3) is 3.27. The van der Waals surface area contributed by atoms with E-state index in [0.717, 1.165) is 25.2 Å². The van der Waals surface area contributed by atoms with Gasteiger partial charge < -0.3 is 14.2 Å². The molecule has 0 bridgehead atoms. The second-order valence-electron chi connectivity index (χ2n) is 6.21. The number of para-hydroxylation sites is 2. The van der Waals surface area contributed by atoms with Crippen LogP contribution in [0.25, 0.3) is 11.0 Å². The summed E-state index contributed by atoms with van der Waals surface area (Å²) in [5.74, 6) is 0.690. The van der Waals surface area contributed by atoms with Crippen LogP contribution in [0, 0.1) is 5.92 Å². The molecule has 0 amide bonds. The predicted molar refractivity (Wildman–Crippen MR) is 85.5 cm³/mol. The van der Waals surface area contributed by atoms with Crippen molar-refractivity contribution in [2.75, 3.05) is 33.4 Å². The number of fused-ring (bicyclic) bond motifs is 1. The largest absolute Gasteiger partial charge is 0.384 e. The molecule has 1 aromatic heterocycles. The lowest BCUT2D eigenvalue weighted by molar-refractivity contribution is 0.0849. The van der Waals surface area contributed by atoms with Gasteiger partial charge in [0, 0.05) is 26.2 Å². The van der Waals surface area contributed by atoms with Gasteiger partial charge in [0.05, 0.1) is 24.0 Å². The van der Waals surface area contributed by atoms with Crippen molar-refractivity contribution in [1.29, 1.82) is 0 Å². The fourth-order valence-electron chi connectivity index (χ4n) is 3.48. The number of benzene rings is 1. The second kappa shape index (κ2) is 6.58. The molecule has 0 saturated carbocycles. The first-order valence-electron chi connectivity index (χ1n) is 7.91. The number of hydrogen-bond acceptors (Lipinski definition) is 3. The summed E-state index contributed by atoms with van der Waals surface area (Å²) >= 11 is 0. The predicted octanol–water partition coefficient (Wildman–Crippen LogP) is 2.96. The van der Waals surface area contributed by atoms with Crippen LogP contribution in [0.5, 0.6) is 0 Å². The zero-order chi connectivity index (χ0) is 14.7. The maximum atomic E-state index is 5.32. The zero-order valence-corrected chi connectivity index (χ0v) is 13.0. The van der Waals surface area contributed by atoms with E-state index < -0.39 is 0 Å². The van der Waals surface area contributed by atoms with Gasteiger partial charge in [0.1, 0.15) is 0 Å². The second-order valence-corrected chi connectivity index (χ2v) is 6.21. The van der Waals surface area contributed by atoms with Crippen LogP contribution in [-0.4, -0.2) is 47.8 Å². The Morgan fingerprint density at radius 2 is 2.24 bits per heavy atom. The highest BCUT2D eigenvalue weighted by atomic mass is 16.5. The van der Waals surface area contributed by atoms with Crippen LogP contribution in [0.4, 0.5) is 0 Å². The number of hydrogen-bond donors (Lipinski definition) is 0. The number of ether oxygens (including phenoxy) is 1. The van der Waals surface area contributed by atoms with Crippen LogP contribution in [0.2, 0.25) is 0 Å². The highest BCUT2D eigenvalue weighted by Gasteiger charge is 2.21. The van der Waals surface area contributed by atoms with Crippen molar-refractivity contribution in [3.63, 3.8) is 0 Å². The summed E-state index contributed by atoms with van der Waals surface area (Å²) in [6, 6.07) is 8.81. The summed E-state index contributed by atoms with van der Waals surface area (Å²) in [6.45, 7) is 6.62. The summed E-state index contributed by atoms with van der Waals surface area (Å²) in [4.78, 5) is 7.08. The van der Waals surface area contributed by atoms with Crippen molar-refractivity contribution in [2.24, 2.45) is 5.92 Å². The fraction of sp³-hybridized carbons (Fsp3) is 0.588. The number of methoxy groups -OCH3 is 1. The molecule has 1 aromatic carbocycles. The first-order chi connectivity index (χ1) is 10.3. The average molecular weight is 287 g/mol. The molecule has 0 N–H and O–H groups in total. The van der Waals surface area contributed by atoms with Gasteiger partial charge in [-0.1, -0.05) is 12.1 Å². The molecule has 114 valence electrons. The van der Waals surface area contributed by atoms with Gasteiger partial charge in [-0.15, -0.1) is 0 Å². The standard InChI is InChI=1S/C17H25N3O/c1-14(10-19-9-5-6-15(11-19)12-21-2)20-13-18-16-7-3-4-8-17(16)20/h3-4,7-8,13-15H,5-6,9-12H2,1-2H3. The van der Waals surface area contributed by atoms with Crippen molar-refractivity contribution < 1.29 is 4.74 Å². The molecule has 21 heavy (non-hydrogen) atoms. The van der Waals surface area contributed by atoms with E-state index in [-0.39, 0.29) is 0 Å². The molecule has 1 aliphatic heterocycles. The number of piperidine rings is 1. The Morgan fingerprint density at radius 3 is 3.10 bits per heavy atom. The van der Waals surface area contributed by atoms with E-state index in [9.17, 15) is 0 Å². The number of likely N-dealkylation sites (tertiary alicyclic amines) is 1. The van der Waals surface area contributed by atoms with Crippen LogP contribution in [0.1, 0.15) is 25.8 Å². The Kier molecular flexibility index (Phi) is 4.56. The minimum Gasteiger partial charge on any atom is -0.384 e. The topological polar surface area (TPSA) is 30.3 Å². The number of imidazole rings is 1. The van der Waals surface area contributed by atoms with E-state index in [0.29, 0.717) is 12.0 Å². The van der Waals surface area contributed by atoms with Crippen LogP contribution in [0.3, 0.4) is 0 Å². The molecular formula is C17H25N3O. The van der Waals surface area contributed by atoms with Gasteiger partial charge in [-0.2, -0.15) is 0 Å². The van der Waals surface area contributed by atoms with Crippen LogP contribution in [-0.2, 0) is 4.74 Å². The quantitative estimate of drug-likeness (QED) is 0.847. The molecule has 2 heterocycles. The molecule has 2 atom stereocenters. The molecule has 4 nitrogen and oxygen atoms in total.